The van der Waals surface area contributed by atoms with Crippen LogP contribution in [0.25, 0.3) is 16.9 Å². The van der Waals surface area contributed by atoms with E-state index in [1.54, 1.807) is 72.3 Å². The van der Waals surface area contributed by atoms with Crippen molar-refractivity contribution in [3.63, 3.8) is 0 Å². The number of thioether (sulfide) groups is 1. The molecule has 4 rings (SSSR count). The van der Waals surface area contributed by atoms with Crippen molar-refractivity contribution in [2.45, 2.75) is 25.3 Å². The molecule has 0 radical (unpaired) electrons. The van der Waals surface area contributed by atoms with Crippen LogP contribution in [0.15, 0.2) is 67.0 Å². The lowest BCUT2D eigenvalue weighted by molar-refractivity contribution is -0.122. The Morgan fingerprint density at radius 3 is 2.53 bits per heavy atom. The highest BCUT2D eigenvalue weighted by molar-refractivity contribution is 7.98. The van der Waals surface area contributed by atoms with Crippen molar-refractivity contribution < 1.29 is 22.7 Å². The van der Waals surface area contributed by atoms with E-state index in [2.05, 4.69) is 15.0 Å². The third-order valence-electron chi connectivity index (χ3n) is 6.71. The summed E-state index contributed by atoms with van der Waals surface area (Å²) in [6.07, 6.45) is 7.87. The third kappa shape index (κ3) is 9.85. The van der Waals surface area contributed by atoms with E-state index in [-0.39, 0.29) is 19.6 Å². The molecule has 14 heteroatoms. The molecule has 1 atom stereocenters. The van der Waals surface area contributed by atoms with Gasteiger partial charge in [-0.25, -0.2) is 17.8 Å². The average molecular weight is 693 g/mol. The van der Waals surface area contributed by atoms with Crippen LogP contribution in [-0.2, 0) is 27.7 Å². The van der Waals surface area contributed by atoms with Gasteiger partial charge >= 0.3 is 0 Å². The number of benzene rings is 2. The summed E-state index contributed by atoms with van der Waals surface area (Å²) >= 11 is 14.3. The molecule has 45 heavy (non-hydrogen) atoms. The molecule has 0 aliphatic heterocycles. The Hall–Kier alpha value is -3.29. The molecule has 240 valence electrons. The Morgan fingerprint density at radius 2 is 1.89 bits per heavy atom. The van der Waals surface area contributed by atoms with E-state index >= 15 is 0 Å². The maximum atomic E-state index is 13.1. The molecule has 2 N–H and O–H groups in total. The van der Waals surface area contributed by atoms with E-state index in [4.69, 9.17) is 37.8 Å². The maximum Gasteiger partial charge on any atom is 0.238 e. The molecule has 0 saturated heterocycles. The molecule has 0 bridgehead atoms. The number of halogens is 2. The minimum Gasteiger partial charge on any atom is -0.497 e. The Bertz CT molecular complexity index is 1690. The van der Waals surface area contributed by atoms with E-state index < -0.39 is 22.0 Å². The third-order valence-corrected chi connectivity index (χ3v) is 8.77. The highest BCUT2D eigenvalue weighted by Gasteiger charge is 2.24. The van der Waals surface area contributed by atoms with Gasteiger partial charge in [0, 0.05) is 30.1 Å². The molecule has 0 aliphatic carbocycles. The van der Waals surface area contributed by atoms with E-state index in [1.165, 1.54) is 0 Å². The smallest absolute Gasteiger partial charge is 0.238 e. The minimum absolute atomic E-state index is 0.179. The Morgan fingerprint density at radius 1 is 1.11 bits per heavy atom. The lowest BCUT2D eigenvalue weighted by Gasteiger charge is -2.18. The van der Waals surface area contributed by atoms with Crippen LogP contribution in [0.3, 0.4) is 0 Å². The fraction of sp³-hybridized carbons (Fsp3) is 0.323. The van der Waals surface area contributed by atoms with Crippen LogP contribution in [-0.4, -0.2) is 73.7 Å². The number of nitrogens with one attached hydrogen (secondary N) is 2. The van der Waals surface area contributed by atoms with Gasteiger partial charge in [-0.2, -0.15) is 16.9 Å². The monoisotopic (exact) mass is 691 g/mol. The summed E-state index contributed by atoms with van der Waals surface area (Å²) in [4.78, 5) is 17.3. The normalized spacial score (nSPS) is 12.1. The van der Waals surface area contributed by atoms with Crippen molar-refractivity contribution in [3.8, 4) is 28.6 Å². The highest BCUT2D eigenvalue weighted by Crippen LogP contribution is 2.35. The van der Waals surface area contributed by atoms with Crippen LogP contribution in [0.2, 0.25) is 10.0 Å². The van der Waals surface area contributed by atoms with Gasteiger partial charge in [0.2, 0.25) is 21.8 Å². The Labute approximate surface area is 277 Å². The second-order valence-corrected chi connectivity index (χ2v) is 13.7. The van der Waals surface area contributed by atoms with E-state index in [1.807, 2.05) is 24.5 Å². The molecule has 0 unspecified atom stereocenters. The summed E-state index contributed by atoms with van der Waals surface area (Å²) in [5, 5.41) is 8.56. The number of hydrogen-bond donors (Lipinski definition) is 2. The Balaban J connectivity index is 1.49. The topological polar surface area (TPSA) is 124 Å². The second kappa shape index (κ2) is 16.3. The summed E-state index contributed by atoms with van der Waals surface area (Å²) < 4.78 is 39.7. The number of methoxy groups -OCH3 is 1. The highest BCUT2D eigenvalue weighted by atomic mass is 35.5. The first-order chi connectivity index (χ1) is 21.6. The van der Waals surface area contributed by atoms with Crippen molar-refractivity contribution in [1.82, 2.24) is 24.8 Å². The van der Waals surface area contributed by atoms with Gasteiger partial charge in [-0.1, -0.05) is 35.3 Å². The fourth-order valence-corrected chi connectivity index (χ4v) is 5.97. The number of pyridine rings is 1. The van der Waals surface area contributed by atoms with Gasteiger partial charge in [-0.3, -0.25) is 9.78 Å². The van der Waals surface area contributed by atoms with Gasteiger partial charge in [0.25, 0.3) is 0 Å². The molecule has 2 aromatic heterocycles. The largest absolute Gasteiger partial charge is 0.497 e. The lowest BCUT2D eigenvalue weighted by atomic mass is 10.1. The van der Waals surface area contributed by atoms with E-state index in [0.717, 1.165) is 34.4 Å². The van der Waals surface area contributed by atoms with E-state index in [9.17, 15) is 13.2 Å². The number of aromatic nitrogens is 3. The second-order valence-electron chi connectivity index (χ2n) is 10.1. The molecular weight excluding hydrogens is 657 g/mol. The first-order valence-corrected chi connectivity index (χ1v) is 18.1. The van der Waals surface area contributed by atoms with Gasteiger partial charge < -0.3 is 14.8 Å². The molecule has 2 aromatic carbocycles. The van der Waals surface area contributed by atoms with Crippen LogP contribution in [0.4, 0.5) is 0 Å². The maximum absolute atomic E-state index is 13.1. The van der Waals surface area contributed by atoms with Gasteiger partial charge in [-0.15, -0.1) is 0 Å². The molecule has 0 fully saturated rings. The number of sulfonamides is 1. The molecule has 1 amide bonds. The fourth-order valence-electron chi connectivity index (χ4n) is 4.56. The number of nitrogens with zero attached hydrogens (tertiary/aromatic N) is 3. The molecule has 0 aliphatic rings. The van der Waals surface area contributed by atoms with Gasteiger partial charge in [0.15, 0.2) is 0 Å². The first-order valence-electron chi connectivity index (χ1n) is 14.1. The summed E-state index contributed by atoms with van der Waals surface area (Å²) in [6, 6.07) is 15.2. The quantitative estimate of drug-likeness (QED) is 0.154. The van der Waals surface area contributed by atoms with Crippen molar-refractivity contribution in [1.29, 1.82) is 0 Å². The molecule has 0 spiro atoms. The van der Waals surface area contributed by atoms with Gasteiger partial charge in [0.05, 0.1) is 35.7 Å². The predicted octanol–water partition coefficient (Wildman–Crippen LogP) is 5.20. The summed E-state index contributed by atoms with van der Waals surface area (Å²) in [5.74, 6) is 1.64. The van der Waals surface area contributed by atoms with Crippen molar-refractivity contribution >= 4 is 50.9 Å². The standard InChI is InChI=1S/C31H35Cl2N5O5S2/c1-42-24-10-7-21(8-11-24)18-28(37-45(3,40)41)30(39)35-15-5-16-43-31-25(13-17-44-2)29(22-6-4-14-34-20-22)36-38(31)23-9-12-26(32)27(33)19-23/h4,6-12,14,19-20,28,37H,5,13,15-18H2,1-3H3,(H,35,39)/t28-/m0/s1. The average Bonchev–Trinajstić information content (AvgIpc) is 3.39. The number of carbonyl (C=O) groups is 1. The molecule has 10 nitrogen and oxygen atoms in total. The van der Waals surface area contributed by atoms with Crippen LogP contribution in [0.1, 0.15) is 17.5 Å². The zero-order valence-corrected chi connectivity index (χ0v) is 28.3. The zero-order valence-electron chi connectivity index (χ0n) is 25.1. The number of ether oxygens (including phenoxy) is 2. The summed E-state index contributed by atoms with van der Waals surface area (Å²) in [6.45, 7) is 0.522. The zero-order chi connectivity index (χ0) is 32.4. The van der Waals surface area contributed by atoms with E-state index in [0.29, 0.717) is 40.2 Å². The summed E-state index contributed by atoms with van der Waals surface area (Å²) in [5.41, 5.74) is 3.99. The SMILES string of the molecule is COc1ccc(C[C@H](NS(C)(=O)=O)C(=O)NCCCOc2c(CCSC)c(-c3cccnc3)nn2-c2ccc(Cl)c(Cl)c2)cc1. The van der Waals surface area contributed by atoms with Gasteiger partial charge in [-0.05, 0) is 79.3 Å². The number of hydrogen-bond acceptors (Lipinski definition) is 8. The molecule has 0 saturated carbocycles. The van der Waals surface area contributed by atoms with Crippen LogP contribution >= 0.6 is 35.0 Å². The Kier molecular flexibility index (Phi) is 12.5. The van der Waals surface area contributed by atoms with Crippen molar-refractivity contribution in [2.75, 3.05) is 38.5 Å². The molecule has 4 aromatic rings. The van der Waals surface area contributed by atoms with Crippen LogP contribution in [0.5, 0.6) is 11.6 Å². The van der Waals surface area contributed by atoms with Crippen LogP contribution in [0, 0.1) is 0 Å². The number of carbonyl (C=O) groups excluding carboxylic acids is 1. The first kappa shape index (κ1) is 34.6. The number of rotatable bonds is 16. The van der Waals surface area contributed by atoms with Gasteiger partial charge in [0.1, 0.15) is 17.5 Å². The van der Waals surface area contributed by atoms with Crippen molar-refractivity contribution in [3.05, 3.63) is 88.2 Å². The minimum atomic E-state index is -3.64. The predicted molar refractivity (Wildman–Crippen MR) is 180 cm³/mol. The van der Waals surface area contributed by atoms with Crippen LogP contribution < -0.4 is 19.5 Å². The van der Waals surface area contributed by atoms with Crippen molar-refractivity contribution in [2.24, 2.45) is 0 Å². The number of amides is 1. The lowest BCUT2D eigenvalue weighted by Crippen LogP contribution is -2.48. The molecule has 2 heterocycles. The summed E-state index contributed by atoms with van der Waals surface area (Å²) in [7, 11) is -2.07. The molecular formula is C31H35Cl2N5O5S2.